The third-order valence-electron chi connectivity index (χ3n) is 3.24. The van der Waals surface area contributed by atoms with E-state index in [1.54, 1.807) is 29.5 Å². The van der Waals surface area contributed by atoms with Gasteiger partial charge in [-0.05, 0) is 19.1 Å². The molecule has 3 rings (SSSR count). The Morgan fingerprint density at radius 3 is 2.74 bits per heavy atom. The Labute approximate surface area is 142 Å². The molecule has 0 saturated carbocycles. The average Bonchev–Trinajstić information content (AvgIpc) is 3.16. The van der Waals surface area contributed by atoms with Gasteiger partial charge in [-0.2, -0.15) is 0 Å². The van der Waals surface area contributed by atoms with E-state index in [0.717, 1.165) is 16.3 Å². The highest BCUT2D eigenvalue weighted by Gasteiger charge is 2.17. The summed E-state index contributed by atoms with van der Waals surface area (Å²) < 4.78 is 5.01. The van der Waals surface area contributed by atoms with Crippen molar-refractivity contribution >= 4 is 28.8 Å². The van der Waals surface area contributed by atoms with Crippen LogP contribution in [-0.2, 0) is 6.54 Å². The molecule has 118 valence electrons. The van der Waals surface area contributed by atoms with Crippen molar-refractivity contribution in [2.24, 2.45) is 0 Å². The fourth-order valence-electron chi connectivity index (χ4n) is 2.10. The van der Waals surface area contributed by atoms with Crippen LogP contribution in [0.15, 0.2) is 40.2 Å². The maximum absolute atomic E-state index is 12.4. The molecule has 7 heteroatoms. The van der Waals surface area contributed by atoms with Crippen LogP contribution in [0.1, 0.15) is 21.9 Å². The van der Waals surface area contributed by atoms with Gasteiger partial charge in [0.2, 0.25) is 0 Å². The normalized spacial score (nSPS) is 10.7. The van der Waals surface area contributed by atoms with Crippen LogP contribution in [0.3, 0.4) is 0 Å². The zero-order valence-corrected chi connectivity index (χ0v) is 14.2. The second-order valence-corrected chi connectivity index (χ2v) is 6.43. The maximum atomic E-state index is 12.4. The van der Waals surface area contributed by atoms with Gasteiger partial charge in [-0.25, -0.2) is 4.98 Å². The molecular formula is C16H14ClN3O2S. The van der Waals surface area contributed by atoms with Gasteiger partial charge < -0.3 is 9.42 Å². The van der Waals surface area contributed by atoms with Crippen molar-refractivity contribution in [1.29, 1.82) is 0 Å². The SMILES string of the molecule is Cc1cc(CN(C)C(=O)c2csc(-c3ccc(Cl)cc3)n2)no1. The van der Waals surface area contributed by atoms with Gasteiger partial charge in [0, 0.05) is 29.1 Å². The summed E-state index contributed by atoms with van der Waals surface area (Å²) in [7, 11) is 1.72. The minimum absolute atomic E-state index is 0.151. The van der Waals surface area contributed by atoms with Crippen LogP contribution in [0.5, 0.6) is 0 Å². The van der Waals surface area contributed by atoms with Gasteiger partial charge in [0.15, 0.2) is 0 Å². The molecule has 0 fully saturated rings. The Morgan fingerprint density at radius 1 is 1.35 bits per heavy atom. The van der Waals surface area contributed by atoms with Crippen LogP contribution in [0, 0.1) is 6.92 Å². The molecule has 0 N–H and O–H groups in total. The summed E-state index contributed by atoms with van der Waals surface area (Å²) in [5.41, 5.74) is 2.07. The van der Waals surface area contributed by atoms with Crippen LogP contribution in [0.2, 0.25) is 5.02 Å². The number of hydrogen-bond acceptors (Lipinski definition) is 5. The molecule has 0 bridgehead atoms. The minimum Gasteiger partial charge on any atom is -0.361 e. The van der Waals surface area contributed by atoms with Gasteiger partial charge in [-0.3, -0.25) is 4.79 Å². The molecule has 0 aliphatic rings. The van der Waals surface area contributed by atoms with E-state index >= 15 is 0 Å². The first-order valence-electron chi connectivity index (χ1n) is 6.92. The van der Waals surface area contributed by atoms with Crippen molar-refractivity contribution in [1.82, 2.24) is 15.0 Å². The topological polar surface area (TPSA) is 59.2 Å². The lowest BCUT2D eigenvalue weighted by molar-refractivity contribution is 0.0777. The number of rotatable bonds is 4. The van der Waals surface area contributed by atoms with Crippen molar-refractivity contribution in [3.05, 3.63) is 57.9 Å². The summed E-state index contributed by atoms with van der Waals surface area (Å²) in [6, 6.07) is 9.19. The maximum Gasteiger partial charge on any atom is 0.273 e. The Balaban J connectivity index is 1.74. The molecule has 0 radical (unpaired) electrons. The molecule has 3 aromatic rings. The van der Waals surface area contributed by atoms with Crippen LogP contribution in [-0.4, -0.2) is 28.0 Å². The third-order valence-corrected chi connectivity index (χ3v) is 4.38. The van der Waals surface area contributed by atoms with Crippen LogP contribution < -0.4 is 0 Å². The quantitative estimate of drug-likeness (QED) is 0.714. The molecule has 0 spiro atoms. The van der Waals surface area contributed by atoms with Crippen molar-refractivity contribution < 1.29 is 9.32 Å². The van der Waals surface area contributed by atoms with Gasteiger partial charge >= 0.3 is 0 Å². The predicted octanol–water partition coefficient (Wildman–Crippen LogP) is 4.03. The molecule has 1 amide bonds. The molecule has 0 atom stereocenters. The summed E-state index contributed by atoms with van der Waals surface area (Å²) in [5, 5.41) is 7.11. The van der Waals surface area contributed by atoms with E-state index in [1.165, 1.54) is 11.3 Å². The van der Waals surface area contributed by atoms with E-state index < -0.39 is 0 Å². The van der Waals surface area contributed by atoms with Crippen molar-refractivity contribution in [2.75, 3.05) is 7.05 Å². The number of amides is 1. The summed E-state index contributed by atoms with van der Waals surface area (Å²) in [4.78, 5) is 18.4. The molecular weight excluding hydrogens is 334 g/mol. The number of halogens is 1. The number of aromatic nitrogens is 2. The smallest absolute Gasteiger partial charge is 0.273 e. The lowest BCUT2D eigenvalue weighted by Gasteiger charge is -2.13. The molecule has 2 aromatic heterocycles. The van der Waals surface area contributed by atoms with Gasteiger partial charge in [0.25, 0.3) is 5.91 Å². The van der Waals surface area contributed by atoms with Gasteiger partial charge in [0.05, 0.1) is 6.54 Å². The Bertz CT molecular complexity index is 826. The Kier molecular flexibility index (Phi) is 4.45. The molecule has 0 saturated heterocycles. The number of nitrogens with zero attached hydrogens (tertiary/aromatic N) is 3. The highest BCUT2D eigenvalue weighted by molar-refractivity contribution is 7.13. The first-order chi connectivity index (χ1) is 11.0. The standard InChI is InChI=1S/C16H14ClN3O2S/c1-10-7-13(19-22-10)8-20(2)16(21)14-9-23-15(18-14)11-3-5-12(17)6-4-11/h3-7,9H,8H2,1-2H3. The lowest BCUT2D eigenvalue weighted by atomic mass is 10.2. The largest absolute Gasteiger partial charge is 0.361 e. The van der Waals surface area contributed by atoms with E-state index in [-0.39, 0.29) is 5.91 Å². The van der Waals surface area contributed by atoms with Crippen molar-refractivity contribution in [2.45, 2.75) is 13.5 Å². The van der Waals surface area contributed by atoms with E-state index in [0.29, 0.717) is 23.0 Å². The Morgan fingerprint density at radius 2 is 2.09 bits per heavy atom. The fourth-order valence-corrected chi connectivity index (χ4v) is 3.03. The zero-order valence-electron chi connectivity index (χ0n) is 12.6. The van der Waals surface area contributed by atoms with Crippen LogP contribution in [0.4, 0.5) is 0 Å². The highest BCUT2D eigenvalue weighted by Crippen LogP contribution is 2.25. The predicted molar refractivity (Wildman–Crippen MR) is 89.6 cm³/mol. The monoisotopic (exact) mass is 347 g/mol. The average molecular weight is 348 g/mol. The Hall–Kier alpha value is -2.18. The highest BCUT2D eigenvalue weighted by atomic mass is 35.5. The first-order valence-corrected chi connectivity index (χ1v) is 8.18. The van der Waals surface area contributed by atoms with Crippen molar-refractivity contribution in [3.8, 4) is 10.6 Å². The molecule has 0 aliphatic heterocycles. The fraction of sp³-hybridized carbons (Fsp3) is 0.188. The summed E-state index contributed by atoms with van der Waals surface area (Å²) in [6.07, 6.45) is 0. The number of aryl methyl sites for hydroxylation is 1. The second kappa shape index (κ2) is 6.52. The summed E-state index contributed by atoms with van der Waals surface area (Å²) in [5.74, 6) is 0.571. The van der Waals surface area contributed by atoms with Gasteiger partial charge in [0.1, 0.15) is 22.2 Å². The molecule has 1 aromatic carbocycles. The lowest BCUT2D eigenvalue weighted by Crippen LogP contribution is -2.26. The second-order valence-electron chi connectivity index (χ2n) is 5.13. The minimum atomic E-state index is -0.151. The third kappa shape index (κ3) is 3.60. The van der Waals surface area contributed by atoms with E-state index in [4.69, 9.17) is 16.1 Å². The van der Waals surface area contributed by atoms with Crippen LogP contribution >= 0.6 is 22.9 Å². The molecule has 23 heavy (non-hydrogen) atoms. The summed E-state index contributed by atoms with van der Waals surface area (Å²) >= 11 is 7.31. The summed E-state index contributed by atoms with van der Waals surface area (Å²) in [6.45, 7) is 2.20. The number of carbonyl (C=O) groups is 1. The number of thiazole rings is 1. The van der Waals surface area contributed by atoms with Gasteiger partial charge in [-0.1, -0.05) is 28.9 Å². The van der Waals surface area contributed by atoms with E-state index in [9.17, 15) is 4.79 Å². The number of carbonyl (C=O) groups excluding carboxylic acids is 1. The van der Waals surface area contributed by atoms with E-state index in [2.05, 4.69) is 10.1 Å². The van der Waals surface area contributed by atoms with Gasteiger partial charge in [-0.15, -0.1) is 11.3 Å². The van der Waals surface area contributed by atoms with E-state index in [1.807, 2.05) is 25.1 Å². The molecule has 2 heterocycles. The molecule has 0 aliphatic carbocycles. The molecule has 5 nitrogen and oxygen atoms in total. The number of benzene rings is 1. The number of hydrogen-bond donors (Lipinski definition) is 0. The first kappa shape index (κ1) is 15.7. The zero-order chi connectivity index (χ0) is 16.4. The molecule has 0 unspecified atom stereocenters. The van der Waals surface area contributed by atoms with Crippen molar-refractivity contribution in [3.63, 3.8) is 0 Å². The van der Waals surface area contributed by atoms with Crippen LogP contribution in [0.25, 0.3) is 10.6 Å².